The lowest BCUT2D eigenvalue weighted by molar-refractivity contribution is -0.141. The fourth-order valence-electron chi connectivity index (χ4n) is 2.04. The van der Waals surface area contributed by atoms with Crippen LogP contribution in [0.4, 0.5) is 19.1 Å². The summed E-state index contributed by atoms with van der Waals surface area (Å²) in [7, 11) is 0. The molecule has 1 aromatic rings. The summed E-state index contributed by atoms with van der Waals surface area (Å²) < 4.78 is 43.7. The van der Waals surface area contributed by atoms with Crippen LogP contribution < -0.4 is 10.1 Å². The summed E-state index contributed by atoms with van der Waals surface area (Å²) in [5.74, 6) is -0.0597. The summed E-state index contributed by atoms with van der Waals surface area (Å²) in [6.07, 6.45) is -0.723. The Kier molecular flexibility index (Phi) is 4.11. The minimum Gasteiger partial charge on any atom is -0.474 e. The normalized spacial score (nSPS) is 16.6. The molecule has 2 rings (SSSR count). The maximum Gasteiger partial charge on any atom is 0.433 e. The second kappa shape index (κ2) is 5.63. The molecule has 0 spiro atoms. The van der Waals surface area contributed by atoms with Gasteiger partial charge in [-0.15, -0.1) is 0 Å². The topological polar surface area (TPSA) is 47.0 Å². The van der Waals surface area contributed by atoms with Crippen LogP contribution in [0.15, 0.2) is 6.07 Å². The molecule has 1 aliphatic carbocycles. The number of aromatic nitrogens is 2. The van der Waals surface area contributed by atoms with Gasteiger partial charge in [0.05, 0.1) is 0 Å². The first-order valence-electron chi connectivity index (χ1n) is 6.36. The zero-order valence-electron chi connectivity index (χ0n) is 10.6. The molecular formula is C12H16F3N3O. The maximum absolute atomic E-state index is 12.7. The fourth-order valence-corrected chi connectivity index (χ4v) is 2.04. The zero-order valence-corrected chi connectivity index (χ0v) is 10.6. The quantitative estimate of drug-likeness (QED) is 0.916. The molecule has 1 fully saturated rings. The highest BCUT2D eigenvalue weighted by molar-refractivity contribution is 5.32. The van der Waals surface area contributed by atoms with Gasteiger partial charge in [0.1, 0.15) is 6.10 Å². The summed E-state index contributed by atoms with van der Waals surface area (Å²) in [5, 5.41) is 2.68. The van der Waals surface area contributed by atoms with Gasteiger partial charge in [0.2, 0.25) is 11.8 Å². The Morgan fingerprint density at radius 3 is 2.58 bits per heavy atom. The predicted molar refractivity (Wildman–Crippen MR) is 64.1 cm³/mol. The maximum atomic E-state index is 12.7. The molecule has 19 heavy (non-hydrogen) atoms. The third-order valence-corrected chi connectivity index (χ3v) is 2.92. The van der Waals surface area contributed by atoms with Gasteiger partial charge < -0.3 is 10.1 Å². The Morgan fingerprint density at radius 1 is 1.32 bits per heavy atom. The van der Waals surface area contributed by atoms with Crippen LogP contribution in [0.25, 0.3) is 0 Å². The SMILES string of the molecule is CCNc1nc(OC2CCCC2)cc(C(F)(F)F)n1. The van der Waals surface area contributed by atoms with E-state index in [2.05, 4.69) is 15.3 Å². The Balaban J connectivity index is 2.22. The summed E-state index contributed by atoms with van der Waals surface area (Å²) in [6.45, 7) is 2.21. The minimum atomic E-state index is -4.50. The molecule has 1 saturated carbocycles. The average Bonchev–Trinajstić information content (AvgIpc) is 2.81. The van der Waals surface area contributed by atoms with E-state index in [1.165, 1.54) is 0 Å². The Bertz CT molecular complexity index is 431. The van der Waals surface area contributed by atoms with E-state index in [4.69, 9.17) is 4.74 Å². The molecule has 1 N–H and O–H groups in total. The van der Waals surface area contributed by atoms with Crippen molar-refractivity contribution in [2.75, 3.05) is 11.9 Å². The number of alkyl halides is 3. The molecule has 0 aliphatic heterocycles. The molecular weight excluding hydrogens is 259 g/mol. The van der Waals surface area contributed by atoms with Crippen LogP contribution >= 0.6 is 0 Å². The van der Waals surface area contributed by atoms with E-state index in [1.807, 2.05) is 0 Å². The summed E-state index contributed by atoms with van der Waals surface area (Å²) >= 11 is 0. The lowest BCUT2D eigenvalue weighted by Crippen LogP contribution is -2.16. The van der Waals surface area contributed by atoms with Gasteiger partial charge >= 0.3 is 6.18 Å². The molecule has 0 radical (unpaired) electrons. The van der Waals surface area contributed by atoms with E-state index in [-0.39, 0.29) is 17.9 Å². The number of ether oxygens (including phenoxy) is 1. The van der Waals surface area contributed by atoms with Crippen LogP contribution in [0.5, 0.6) is 5.88 Å². The summed E-state index contributed by atoms with van der Waals surface area (Å²) in [6, 6.07) is 0.860. The molecule has 0 saturated heterocycles. The molecule has 0 aromatic carbocycles. The third kappa shape index (κ3) is 3.71. The highest BCUT2D eigenvalue weighted by Gasteiger charge is 2.34. The Labute approximate surface area is 109 Å². The van der Waals surface area contributed by atoms with Crippen molar-refractivity contribution in [3.8, 4) is 5.88 Å². The molecule has 0 unspecified atom stereocenters. The van der Waals surface area contributed by atoms with Crippen molar-refractivity contribution in [2.24, 2.45) is 0 Å². The van der Waals surface area contributed by atoms with Gasteiger partial charge in [-0.25, -0.2) is 4.98 Å². The van der Waals surface area contributed by atoms with Crippen LogP contribution in [0.2, 0.25) is 0 Å². The highest BCUT2D eigenvalue weighted by Crippen LogP contribution is 2.31. The van der Waals surface area contributed by atoms with Crippen molar-refractivity contribution < 1.29 is 17.9 Å². The van der Waals surface area contributed by atoms with Crippen molar-refractivity contribution in [1.29, 1.82) is 0 Å². The van der Waals surface area contributed by atoms with Crippen LogP contribution in [-0.2, 0) is 6.18 Å². The number of hydrogen-bond donors (Lipinski definition) is 1. The first kappa shape index (κ1) is 13.9. The second-order valence-corrected chi connectivity index (χ2v) is 4.47. The van der Waals surface area contributed by atoms with Gasteiger partial charge in [0.15, 0.2) is 5.69 Å². The van der Waals surface area contributed by atoms with Crippen LogP contribution in [0.1, 0.15) is 38.3 Å². The monoisotopic (exact) mass is 275 g/mol. The number of halogens is 3. The largest absolute Gasteiger partial charge is 0.474 e. The molecule has 4 nitrogen and oxygen atoms in total. The second-order valence-electron chi connectivity index (χ2n) is 4.47. The van der Waals surface area contributed by atoms with Gasteiger partial charge in [-0.1, -0.05) is 0 Å². The van der Waals surface area contributed by atoms with Gasteiger partial charge in [0, 0.05) is 12.6 Å². The Hall–Kier alpha value is -1.53. The highest BCUT2D eigenvalue weighted by atomic mass is 19.4. The van der Waals surface area contributed by atoms with Crippen LogP contribution in [0, 0.1) is 0 Å². The molecule has 1 aliphatic rings. The van der Waals surface area contributed by atoms with Crippen molar-refractivity contribution in [1.82, 2.24) is 9.97 Å². The first-order valence-corrected chi connectivity index (χ1v) is 6.36. The van der Waals surface area contributed by atoms with Gasteiger partial charge in [0.25, 0.3) is 0 Å². The van der Waals surface area contributed by atoms with E-state index < -0.39 is 11.9 Å². The molecule has 1 aromatic heterocycles. The summed E-state index contributed by atoms with van der Waals surface area (Å²) in [5.41, 5.74) is -0.980. The zero-order chi connectivity index (χ0) is 13.9. The summed E-state index contributed by atoms with van der Waals surface area (Å²) in [4.78, 5) is 7.40. The molecule has 0 amide bonds. The average molecular weight is 275 g/mol. The number of hydrogen-bond acceptors (Lipinski definition) is 4. The lowest BCUT2D eigenvalue weighted by Gasteiger charge is -2.15. The van der Waals surface area contributed by atoms with Crippen molar-refractivity contribution in [3.63, 3.8) is 0 Å². The van der Waals surface area contributed by atoms with E-state index >= 15 is 0 Å². The van der Waals surface area contributed by atoms with Crippen molar-refractivity contribution in [2.45, 2.75) is 44.9 Å². The minimum absolute atomic E-state index is 0.00910. The lowest BCUT2D eigenvalue weighted by atomic mass is 10.3. The van der Waals surface area contributed by atoms with Gasteiger partial charge in [-0.2, -0.15) is 18.2 Å². The van der Waals surface area contributed by atoms with Crippen LogP contribution in [0.3, 0.4) is 0 Å². The Morgan fingerprint density at radius 2 is 2.00 bits per heavy atom. The molecule has 0 bridgehead atoms. The number of anilines is 1. The smallest absolute Gasteiger partial charge is 0.433 e. The number of rotatable bonds is 4. The molecule has 106 valence electrons. The first-order chi connectivity index (χ1) is 8.99. The van der Waals surface area contributed by atoms with Gasteiger partial charge in [-0.05, 0) is 32.6 Å². The molecule has 7 heteroatoms. The van der Waals surface area contributed by atoms with E-state index in [1.54, 1.807) is 6.92 Å². The van der Waals surface area contributed by atoms with Crippen molar-refractivity contribution >= 4 is 5.95 Å². The van der Waals surface area contributed by atoms with Crippen LogP contribution in [-0.4, -0.2) is 22.6 Å². The van der Waals surface area contributed by atoms with E-state index in [9.17, 15) is 13.2 Å². The number of nitrogens with one attached hydrogen (secondary N) is 1. The van der Waals surface area contributed by atoms with Crippen molar-refractivity contribution in [3.05, 3.63) is 11.8 Å². The van der Waals surface area contributed by atoms with E-state index in [0.717, 1.165) is 31.7 Å². The van der Waals surface area contributed by atoms with E-state index in [0.29, 0.717) is 6.54 Å². The third-order valence-electron chi connectivity index (χ3n) is 2.92. The molecule has 1 heterocycles. The molecule has 0 atom stereocenters. The van der Waals surface area contributed by atoms with Gasteiger partial charge in [-0.3, -0.25) is 0 Å². The fraction of sp³-hybridized carbons (Fsp3) is 0.667. The standard InChI is InChI=1S/C12H16F3N3O/c1-2-16-11-17-9(12(13,14)15)7-10(18-11)19-8-5-3-4-6-8/h7-8H,2-6H2,1H3,(H,16,17,18). The predicted octanol–water partition coefficient (Wildman–Crippen LogP) is 3.25. The number of nitrogens with zero attached hydrogens (tertiary/aromatic N) is 2.